The molecule has 0 amide bonds. The van der Waals surface area contributed by atoms with Crippen LogP contribution in [0.5, 0.6) is 5.75 Å². The van der Waals surface area contributed by atoms with E-state index in [1.54, 1.807) is 25.5 Å². The monoisotopic (exact) mass is 488 g/mol. The summed E-state index contributed by atoms with van der Waals surface area (Å²) in [5.41, 5.74) is 3.40. The summed E-state index contributed by atoms with van der Waals surface area (Å²) in [5, 5.41) is 9.88. The minimum Gasteiger partial charge on any atom is -0.496 e. The van der Waals surface area contributed by atoms with E-state index < -0.39 is 0 Å². The van der Waals surface area contributed by atoms with Crippen molar-refractivity contribution in [3.63, 3.8) is 0 Å². The highest BCUT2D eigenvalue weighted by Crippen LogP contribution is 2.25. The Hall–Kier alpha value is -1.35. The zero-order valence-electron chi connectivity index (χ0n) is 16.3. The molecule has 7 heteroatoms. The summed E-state index contributed by atoms with van der Waals surface area (Å²) >= 11 is 1.70. The van der Waals surface area contributed by atoms with Crippen molar-refractivity contribution in [2.24, 2.45) is 4.99 Å². The summed E-state index contributed by atoms with van der Waals surface area (Å²) in [4.78, 5) is 8.97. The van der Waals surface area contributed by atoms with Crippen molar-refractivity contribution in [1.82, 2.24) is 15.6 Å². The van der Waals surface area contributed by atoms with E-state index in [-0.39, 0.29) is 29.4 Å². The SMILES string of the molecule is CN=C(NCc1csc(C(C)(C)C)n1)NCc1ccc(C)cc1OC.I. The second-order valence-electron chi connectivity index (χ2n) is 6.99. The Balaban J connectivity index is 0.00000338. The van der Waals surface area contributed by atoms with Gasteiger partial charge >= 0.3 is 0 Å². The number of halogens is 1. The number of nitrogens with one attached hydrogen (secondary N) is 2. The van der Waals surface area contributed by atoms with Crippen LogP contribution in [0.15, 0.2) is 28.6 Å². The van der Waals surface area contributed by atoms with Crippen molar-refractivity contribution in [2.75, 3.05) is 14.2 Å². The van der Waals surface area contributed by atoms with Gasteiger partial charge in [0.1, 0.15) is 5.75 Å². The normalized spacial score (nSPS) is 11.7. The fraction of sp³-hybridized carbons (Fsp3) is 0.474. The first-order valence-corrected chi connectivity index (χ1v) is 9.24. The summed E-state index contributed by atoms with van der Waals surface area (Å²) in [7, 11) is 3.46. The molecule has 2 N–H and O–H groups in total. The van der Waals surface area contributed by atoms with Gasteiger partial charge in [-0.3, -0.25) is 4.99 Å². The van der Waals surface area contributed by atoms with E-state index in [4.69, 9.17) is 9.72 Å². The van der Waals surface area contributed by atoms with Gasteiger partial charge < -0.3 is 15.4 Å². The third-order valence-corrected chi connectivity index (χ3v) is 5.06. The molecule has 0 spiro atoms. The lowest BCUT2D eigenvalue weighted by atomic mass is 9.98. The molecular weight excluding hydrogens is 459 g/mol. The minimum absolute atomic E-state index is 0. The number of rotatable bonds is 5. The van der Waals surface area contributed by atoms with E-state index in [1.807, 2.05) is 6.07 Å². The van der Waals surface area contributed by atoms with Crippen molar-refractivity contribution in [1.29, 1.82) is 0 Å². The Kier molecular flexibility index (Phi) is 8.82. The van der Waals surface area contributed by atoms with Crippen LogP contribution in [0.1, 0.15) is 42.6 Å². The Bertz CT molecular complexity index is 737. The first-order valence-electron chi connectivity index (χ1n) is 8.36. The van der Waals surface area contributed by atoms with Crippen LogP contribution >= 0.6 is 35.3 Å². The highest BCUT2D eigenvalue weighted by atomic mass is 127. The maximum absolute atomic E-state index is 5.45. The number of methoxy groups -OCH3 is 1. The molecule has 0 radical (unpaired) electrons. The molecule has 0 atom stereocenters. The van der Waals surface area contributed by atoms with Gasteiger partial charge in [0.05, 0.1) is 24.4 Å². The van der Waals surface area contributed by atoms with Gasteiger partial charge in [0.25, 0.3) is 0 Å². The van der Waals surface area contributed by atoms with Crippen LogP contribution in [0, 0.1) is 6.92 Å². The number of hydrogen-bond acceptors (Lipinski definition) is 4. The molecule has 0 unspecified atom stereocenters. The Morgan fingerprint density at radius 3 is 2.50 bits per heavy atom. The van der Waals surface area contributed by atoms with E-state index in [1.165, 1.54) is 5.56 Å². The van der Waals surface area contributed by atoms with Crippen molar-refractivity contribution < 1.29 is 4.74 Å². The third-order valence-electron chi connectivity index (χ3n) is 3.74. The summed E-state index contributed by atoms with van der Waals surface area (Å²) in [5.74, 6) is 1.63. The predicted molar refractivity (Wildman–Crippen MR) is 121 cm³/mol. The summed E-state index contributed by atoms with van der Waals surface area (Å²) in [6.07, 6.45) is 0. The second-order valence-corrected chi connectivity index (χ2v) is 7.85. The van der Waals surface area contributed by atoms with Crippen LogP contribution in [-0.4, -0.2) is 25.1 Å². The number of nitrogens with zero attached hydrogens (tertiary/aromatic N) is 2. The van der Waals surface area contributed by atoms with Gasteiger partial charge in [-0.1, -0.05) is 32.9 Å². The van der Waals surface area contributed by atoms with Gasteiger partial charge in [-0.25, -0.2) is 4.98 Å². The molecule has 0 aliphatic heterocycles. The van der Waals surface area contributed by atoms with Gasteiger partial charge in [-0.05, 0) is 18.6 Å². The molecule has 144 valence electrons. The molecular formula is C19H29IN4OS. The summed E-state index contributed by atoms with van der Waals surface area (Å²) in [6.45, 7) is 9.89. The van der Waals surface area contributed by atoms with Crippen LogP contribution < -0.4 is 15.4 Å². The fourth-order valence-electron chi connectivity index (χ4n) is 2.30. The molecule has 5 nitrogen and oxygen atoms in total. The van der Waals surface area contributed by atoms with Crippen molar-refractivity contribution >= 4 is 41.3 Å². The van der Waals surface area contributed by atoms with Crippen molar-refractivity contribution in [3.8, 4) is 5.75 Å². The number of ether oxygens (including phenoxy) is 1. The molecule has 0 fully saturated rings. The van der Waals surface area contributed by atoms with Gasteiger partial charge in [0.2, 0.25) is 0 Å². The molecule has 0 saturated heterocycles. The molecule has 2 aromatic rings. The van der Waals surface area contributed by atoms with Gasteiger partial charge in [0.15, 0.2) is 5.96 Å². The van der Waals surface area contributed by atoms with Crippen molar-refractivity contribution in [3.05, 3.63) is 45.4 Å². The predicted octanol–water partition coefficient (Wildman–Crippen LogP) is 4.24. The second kappa shape index (κ2) is 10.1. The maximum atomic E-state index is 5.45. The van der Waals surface area contributed by atoms with Crippen LogP contribution in [0.25, 0.3) is 0 Å². The van der Waals surface area contributed by atoms with E-state index in [0.717, 1.165) is 28.0 Å². The lowest BCUT2D eigenvalue weighted by molar-refractivity contribution is 0.408. The fourth-order valence-corrected chi connectivity index (χ4v) is 3.21. The van der Waals surface area contributed by atoms with E-state index >= 15 is 0 Å². The first-order chi connectivity index (χ1) is 11.8. The largest absolute Gasteiger partial charge is 0.496 e. The molecule has 0 aliphatic rings. The van der Waals surface area contributed by atoms with Gasteiger partial charge in [-0.15, -0.1) is 35.3 Å². The average Bonchev–Trinajstić information content (AvgIpc) is 3.05. The number of aliphatic imine (C=N–C) groups is 1. The highest BCUT2D eigenvalue weighted by molar-refractivity contribution is 14.0. The molecule has 1 heterocycles. The maximum Gasteiger partial charge on any atom is 0.191 e. The Labute approximate surface area is 177 Å². The average molecular weight is 488 g/mol. The lowest BCUT2D eigenvalue weighted by Gasteiger charge is -2.14. The molecule has 1 aromatic heterocycles. The van der Waals surface area contributed by atoms with Gasteiger partial charge in [0, 0.05) is 30.0 Å². The molecule has 0 bridgehead atoms. The number of aromatic nitrogens is 1. The number of aryl methyl sites for hydroxylation is 1. The van der Waals surface area contributed by atoms with Crippen molar-refractivity contribution in [2.45, 2.75) is 46.2 Å². The van der Waals surface area contributed by atoms with Crippen LogP contribution in [0.2, 0.25) is 0 Å². The smallest absolute Gasteiger partial charge is 0.191 e. The zero-order valence-corrected chi connectivity index (χ0v) is 19.5. The van der Waals surface area contributed by atoms with Gasteiger partial charge in [-0.2, -0.15) is 0 Å². The number of thiazole rings is 1. The van der Waals surface area contributed by atoms with Crippen LogP contribution in [-0.2, 0) is 18.5 Å². The topological polar surface area (TPSA) is 58.5 Å². The molecule has 1 aromatic carbocycles. The number of guanidine groups is 1. The standard InChI is InChI=1S/C19H28N4OS.HI/c1-13-7-8-14(16(9-13)24-6)10-21-18(20-5)22-11-15-12-25-17(23-15)19(2,3)4;/h7-9,12H,10-11H2,1-6H3,(H2,20,21,22);1H. The van der Waals surface area contributed by atoms with E-state index in [0.29, 0.717) is 13.1 Å². The quantitative estimate of drug-likeness (QED) is 0.376. The summed E-state index contributed by atoms with van der Waals surface area (Å²) in [6, 6.07) is 6.19. The first kappa shape index (κ1) is 22.7. The third kappa shape index (κ3) is 6.42. The Morgan fingerprint density at radius 2 is 1.92 bits per heavy atom. The van der Waals surface area contributed by atoms with E-state index in [2.05, 4.69) is 60.8 Å². The zero-order chi connectivity index (χ0) is 18.4. The lowest BCUT2D eigenvalue weighted by Crippen LogP contribution is -2.36. The number of benzene rings is 1. The molecule has 0 saturated carbocycles. The minimum atomic E-state index is 0. The molecule has 0 aliphatic carbocycles. The highest BCUT2D eigenvalue weighted by Gasteiger charge is 2.17. The Morgan fingerprint density at radius 1 is 1.23 bits per heavy atom. The molecule has 26 heavy (non-hydrogen) atoms. The molecule has 2 rings (SSSR count). The van der Waals surface area contributed by atoms with Crippen LogP contribution in [0.4, 0.5) is 0 Å². The van der Waals surface area contributed by atoms with Crippen LogP contribution in [0.3, 0.4) is 0 Å². The summed E-state index contributed by atoms with van der Waals surface area (Å²) < 4.78 is 5.45. The number of hydrogen-bond donors (Lipinski definition) is 2. The van der Waals surface area contributed by atoms with E-state index in [9.17, 15) is 0 Å².